The molecule has 3 heterocycles. The molecule has 3 aromatic heterocycles. The lowest BCUT2D eigenvalue weighted by molar-refractivity contribution is 0.673. The fraction of sp³-hybridized carbons (Fsp3) is 0. The SMILES string of the molecule is c1ccc2c(c1)ccc1c2oc2cccc(-c3ccc(N(c4ccc(-c5cccc6c5sc5ccccc56)cc4)c4cccc5sc6ccccc6c45)cc3)c21. The maximum Gasteiger partial charge on any atom is 0.143 e. The third-order valence-corrected chi connectivity index (χ3v) is 13.6. The molecule has 0 saturated carbocycles. The Balaban J connectivity index is 1.01. The van der Waals surface area contributed by atoms with Crippen LogP contribution in [0.5, 0.6) is 0 Å². The topological polar surface area (TPSA) is 16.4 Å². The molecule has 0 N–H and O–H groups in total. The van der Waals surface area contributed by atoms with Crippen molar-refractivity contribution in [2.24, 2.45) is 0 Å². The Morgan fingerprint density at radius 1 is 0.375 bits per heavy atom. The minimum atomic E-state index is 0.905. The van der Waals surface area contributed by atoms with E-state index in [4.69, 9.17) is 4.42 Å². The van der Waals surface area contributed by atoms with E-state index in [-0.39, 0.29) is 0 Å². The molecule has 0 radical (unpaired) electrons. The number of furan rings is 1. The van der Waals surface area contributed by atoms with Crippen LogP contribution >= 0.6 is 22.7 Å². The third-order valence-electron chi connectivity index (χ3n) is 11.3. The average molecular weight is 750 g/mol. The van der Waals surface area contributed by atoms with Gasteiger partial charge in [-0.15, -0.1) is 22.7 Å². The van der Waals surface area contributed by atoms with Gasteiger partial charge >= 0.3 is 0 Å². The van der Waals surface area contributed by atoms with Crippen molar-refractivity contribution in [3.63, 3.8) is 0 Å². The first-order chi connectivity index (χ1) is 27.8. The maximum atomic E-state index is 6.55. The molecule has 262 valence electrons. The zero-order valence-electron chi connectivity index (χ0n) is 30.1. The molecular formula is C52H31NOS2. The number of nitrogens with zero attached hydrogens (tertiary/aromatic N) is 1. The number of hydrogen-bond acceptors (Lipinski definition) is 4. The summed E-state index contributed by atoms with van der Waals surface area (Å²) in [6.45, 7) is 0. The standard InChI is InChI=1S/C52H31NOS2/c1-2-11-38-32(10-1)26-31-43-49-37(14-8-18-45(49)54-51(38)43)33-22-27-35(28-23-33)53(44-17-9-21-48-50(44)42-13-4-6-20-47(42)55-48)36-29-24-34(25-30-36)39-15-7-16-41-40-12-3-5-19-46(40)56-52(39)41/h1-31H. The van der Waals surface area contributed by atoms with Gasteiger partial charge < -0.3 is 9.32 Å². The third kappa shape index (κ3) is 4.80. The average Bonchev–Trinajstić information content (AvgIpc) is 3.96. The number of benzene rings is 9. The number of fused-ring (bicyclic) bond motifs is 11. The summed E-state index contributed by atoms with van der Waals surface area (Å²) in [5, 5.41) is 9.81. The van der Waals surface area contributed by atoms with Gasteiger partial charge in [0.2, 0.25) is 0 Å². The van der Waals surface area contributed by atoms with Gasteiger partial charge in [-0.05, 0) is 88.3 Å². The van der Waals surface area contributed by atoms with Crippen LogP contribution in [0.25, 0.3) is 95.3 Å². The van der Waals surface area contributed by atoms with Gasteiger partial charge in [0.25, 0.3) is 0 Å². The summed E-state index contributed by atoms with van der Waals surface area (Å²) >= 11 is 3.73. The Morgan fingerprint density at radius 2 is 0.982 bits per heavy atom. The molecule has 0 aliphatic heterocycles. The summed E-state index contributed by atoms with van der Waals surface area (Å²) in [7, 11) is 0. The van der Waals surface area contributed by atoms with E-state index in [9.17, 15) is 0 Å². The number of rotatable bonds is 5. The van der Waals surface area contributed by atoms with E-state index in [1.807, 2.05) is 22.7 Å². The number of hydrogen-bond donors (Lipinski definition) is 0. The van der Waals surface area contributed by atoms with Crippen LogP contribution in [0.3, 0.4) is 0 Å². The number of anilines is 3. The highest BCUT2D eigenvalue weighted by molar-refractivity contribution is 7.26. The molecule has 0 aliphatic rings. The van der Waals surface area contributed by atoms with Crippen LogP contribution in [-0.4, -0.2) is 0 Å². The molecule has 0 unspecified atom stereocenters. The van der Waals surface area contributed by atoms with Gasteiger partial charge in [-0.1, -0.05) is 127 Å². The summed E-state index contributed by atoms with van der Waals surface area (Å²) < 4.78 is 11.8. The fourth-order valence-corrected chi connectivity index (χ4v) is 11.1. The van der Waals surface area contributed by atoms with Gasteiger partial charge in [0.15, 0.2) is 0 Å². The maximum absolute atomic E-state index is 6.55. The first-order valence-corrected chi connectivity index (χ1v) is 20.5. The normalized spacial score (nSPS) is 11.9. The van der Waals surface area contributed by atoms with Crippen molar-refractivity contribution < 1.29 is 4.42 Å². The molecule has 0 aliphatic carbocycles. The van der Waals surface area contributed by atoms with Crippen molar-refractivity contribution in [1.29, 1.82) is 0 Å². The van der Waals surface area contributed by atoms with Gasteiger partial charge in [-0.2, -0.15) is 0 Å². The lowest BCUT2D eigenvalue weighted by atomic mass is 9.97. The summed E-state index contributed by atoms with van der Waals surface area (Å²) in [6, 6.07) is 68.4. The van der Waals surface area contributed by atoms with Crippen molar-refractivity contribution in [1.82, 2.24) is 0 Å². The van der Waals surface area contributed by atoms with Crippen LogP contribution in [0.4, 0.5) is 17.1 Å². The van der Waals surface area contributed by atoms with E-state index >= 15 is 0 Å². The Labute approximate surface area is 330 Å². The Hall–Kier alpha value is -6.72. The second-order valence-corrected chi connectivity index (χ2v) is 16.5. The van der Waals surface area contributed by atoms with Crippen LogP contribution in [0, 0.1) is 0 Å². The molecule has 9 aromatic carbocycles. The molecular weight excluding hydrogens is 719 g/mol. The minimum absolute atomic E-state index is 0.905. The van der Waals surface area contributed by atoms with E-state index in [2.05, 4.69) is 193 Å². The van der Waals surface area contributed by atoms with E-state index < -0.39 is 0 Å². The molecule has 0 saturated heterocycles. The summed E-state index contributed by atoms with van der Waals surface area (Å²) in [6.07, 6.45) is 0. The highest BCUT2D eigenvalue weighted by Gasteiger charge is 2.20. The largest absolute Gasteiger partial charge is 0.455 e. The summed E-state index contributed by atoms with van der Waals surface area (Å²) in [5.41, 5.74) is 10.0. The van der Waals surface area contributed by atoms with Gasteiger partial charge in [-0.25, -0.2) is 0 Å². The van der Waals surface area contributed by atoms with Gasteiger partial charge in [0.1, 0.15) is 11.2 Å². The van der Waals surface area contributed by atoms with Crippen molar-refractivity contribution in [3.05, 3.63) is 188 Å². The van der Waals surface area contributed by atoms with Crippen LogP contribution in [-0.2, 0) is 0 Å². The van der Waals surface area contributed by atoms with Crippen molar-refractivity contribution in [2.75, 3.05) is 4.90 Å². The number of thiophene rings is 2. The van der Waals surface area contributed by atoms with E-state index in [0.717, 1.165) is 44.3 Å². The molecule has 0 fully saturated rings. The quantitative estimate of drug-likeness (QED) is 0.174. The van der Waals surface area contributed by atoms with Gasteiger partial charge in [0.05, 0.1) is 5.69 Å². The Kier molecular flexibility index (Phi) is 7.00. The molecule has 4 heteroatoms. The van der Waals surface area contributed by atoms with E-state index in [0.29, 0.717) is 0 Å². The van der Waals surface area contributed by atoms with Crippen LogP contribution in [0.1, 0.15) is 0 Å². The van der Waals surface area contributed by atoms with Crippen molar-refractivity contribution in [3.8, 4) is 22.3 Å². The van der Waals surface area contributed by atoms with E-state index in [1.165, 1.54) is 68.1 Å². The van der Waals surface area contributed by atoms with Crippen LogP contribution in [0.15, 0.2) is 192 Å². The van der Waals surface area contributed by atoms with Gasteiger partial charge in [0, 0.05) is 67.9 Å². The zero-order valence-corrected chi connectivity index (χ0v) is 31.7. The second kappa shape index (κ2) is 12.4. The summed E-state index contributed by atoms with van der Waals surface area (Å²) in [5.74, 6) is 0. The first kappa shape index (κ1) is 31.6. The predicted octanol–water partition coefficient (Wildman–Crippen LogP) is 16.3. The molecule has 0 atom stereocenters. The minimum Gasteiger partial charge on any atom is -0.455 e. The second-order valence-electron chi connectivity index (χ2n) is 14.4. The fourth-order valence-electron chi connectivity index (χ4n) is 8.72. The van der Waals surface area contributed by atoms with Crippen LogP contribution in [0.2, 0.25) is 0 Å². The van der Waals surface area contributed by atoms with Crippen LogP contribution < -0.4 is 4.90 Å². The first-order valence-electron chi connectivity index (χ1n) is 18.9. The smallest absolute Gasteiger partial charge is 0.143 e. The highest BCUT2D eigenvalue weighted by Crippen LogP contribution is 2.47. The van der Waals surface area contributed by atoms with Crippen molar-refractivity contribution in [2.45, 2.75) is 0 Å². The monoisotopic (exact) mass is 749 g/mol. The highest BCUT2D eigenvalue weighted by atomic mass is 32.1. The van der Waals surface area contributed by atoms with Crippen molar-refractivity contribution >= 4 is 113 Å². The lowest BCUT2D eigenvalue weighted by Crippen LogP contribution is -2.10. The lowest BCUT2D eigenvalue weighted by Gasteiger charge is -2.27. The Morgan fingerprint density at radius 3 is 1.79 bits per heavy atom. The summed E-state index contributed by atoms with van der Waals surface area (Å²) in [4.78, 5) is 2.43. The molecule has 12 aromatic rings. The molecule has 56 heavy (non-hydrogen) atoms. The molecule has 12 rings (SSSR count). The molecule has 0 spiro atoms. The predicted molar refractivity (Wildman–Crippen MR) is 243 cm³/mol. The Bertz CT molecular complexity index is 3480. The van der Waals surface area contributed by atoms with E-state index in [1.54, 1.807) is 0 Å². The zero-order chi connectivity index (χ0) is 36.7. The molecule has 2 nitrogen and oxygen atoms in total. The molecule has 0 bridgehead atoms. The van der Waals surface area contributed by atoms with Gasteiger partial charge in [-0.3, -0.25) is 0 Å². The molecule has 0 amide bonds.